The van der Waals surface area contributed by atoms with Crippen molar-refractivity contribution < 1.29 is 4.74 Å². The van der Waals surface area contributed by atoms with Crippen molar-refractivity contribution in [3.05, 3.63) is 36.7 Å². The summed E-state index contributed by atoms with van der Waals surface area (Å²) in [5, 5.41) is 3.92. The van der Waals surface area contributed by atoms with Crippen molar-refractivity contribution in [3.8, 4) is 5.88 Å². The Morgan fingerprint density at radius 1 is 1.28 bits per heavy atom. The van der Waals surface area contributed by atoms with Gasteiger partial charge in [0.05, 0.1) is 25.7 Å². The Hall–Kier alpha value is -2.77. The predicted molar refractivity (Wildman–Crippen MR) is 65.0 cm³/mol. The summed E-state index contributed by atoms with van der Waals surface area (Å²) in [7, 11) is 1.50. The van der Waals surface area contributed by atoms with Crippen LogP contribution in [0.25, 0.3) is 0 Å². The fourth-order valence-electron chi connectivity index (χ4n) is 1.10. The molecular weight excluding hydrogens is 234 g/mol. The van der Waals surface area contributed by atoms with E-state index in [2.05, 4.69) is 30.5 Å². The quantitative estimate of drug-likeness (QED) is 0.443. The molecule has 8 nitrogen and oxygen atoms in total. The minimum absolute atomic E-state index is 0.173. The number of nitrogens with one attached hydrogen (secondary N) is 1. The number of nitrogens with zero attached hydrogens (tertiary/aromatic N) is 5. The number of methoxy groups -OCH3 is 1. The first-order valence-electron chi connectivity index (χ1n) is 5.01. The van der Waals surface area contributed by atoms with Gasteiger partial charge >= 0.3 is 0 Å². The highest BCUT2D eigenvalue weighted by Gasteiger charge is 2.03. The van der Waals surface area contributed by atoms with E-state index in [1.165, 1.54) is 25.7 Å². The third-order valence-corrected chi connectivity index (χ3v) is 1.94. The van der Waals surface area contributed by atoms with Gasteiger partial charge in [0.15, 0.2) is 11.7 Å². The fraction of sp³-hybridized carbons (Fsp3) is 0.100. The van der Waals surface area contributed by atoms with E-state index in [1.807, 2.05) is 0 Å². The van der Waals surface area contributed by atoms with Crippen molar-refractivity contribution in [3.63, 3.8) is 0 Å². The van der Waals surface area contributed by atoms with Crippen LogP contribution in [0.1, 0.15) is 5.69 Å². The van der Waals surface area contributed by atoms with E-state index in [4.69, 9.17) is 10.5 Å². The Bertz CT molecular complexity index is 543. The van der Waals surface area contributed by atoms with E-state index in [9.17, 15) is 0 Å². The number of hydrazone groups is 1. The number of ether oxygens (including phenoxy) is 1. The maximum absolute atomic E-state index is 5.75. The van der Waals surface area contributed by atoms with Crippen LogP contribution in [0, 0.1) is 0 Å². The lowest BCUT2D eigenvalue weighted by Gasteiger charge is -2.03. The lowest BCUT2D eigenvalue weighted by Crippen LogP contribution is -2.17. The van der Waals surface area contributed by atoms with Crippen molar-refractivity contribution in [2.45, 2.75) is 0 Å². The van der Waals surface area contributed by atoms with E-state index < -0.39 is 0 Å². The minimum Gasteiger partial charge on any atom is -0.480 e. The molecule has 0 aliphatic rings. The van der Waals surface area contributed by atoms with Crippen LogP contribution in [0.5, 0.6) is 5.88 Å². The van der Waals surface area contributed by atoms with Gasteiger partial charge in [-0.25, -0.2) is 9.97 Å². The van der Waals surface area contributed by atoms with Crippen LogP contribution in [0.2, 0.25) is 0 Å². The summed E-state index contributed by atoms with van der Waals surface area (Å²) in [5.41, 5.74) is 8.82. The van der Waals surface area contributed by atoms with Crippen LogP contribution in [-0.4, -0.2) is 32.9 Å². The smallest absolute Gasteiger partial charge is 0.232 e. The molecule has 0 saturated heterocycles. The van der Waals surface area contributed by atoms with Crippen LogP contribution in [-0.2, 0) is 0 Å². The SMILES string of the molecule is COc1cncc(/C(N)=N/Nc2cnccn2)n1. The van der Waals surface area contributed by atoms with Crippen molar-refractivity contribution in [1.82, 2.24) is 19.9 Å². The van der Waals surface area contributed by atoms with Gasteiger partial charge in [0.2, 0.25) is 5.88 Å². The van der Waals surface area contributed by atoms with Crippen LogP contribution in [0.4, 0.5) is 5.82 Å². The van der Waals surface area contributed by atoms with E-state index >= 15 is 0 Å². The summed E-state index contributed by atoms with van der Waals surface area (Å²) < 4.78 is 4.94. The Morgan fingerprint density at radius 2 is 2.17 bits per heavy atom. The molecule has 2 aromatic heterocycles. The average Bonchev–Trinajstić information content (AvgIpc) is 2.46. The number of amidine groups is 1. The van der Waals surface area contributed by atoms with Gasteiger partial charge in [-0.1, -0.05) is 0 Å². The zero-order valence-corrected chi connectivity index (χ0v) is 9.61. The molecule has 3 N–H and O–H groups in total. The molecule has 92 valence electrons. The second-order valence-electron chi connectivity index (χ2n) is 3.15. The summed E-state index contributed by atoms with van der Waals surface area (Å²) >= 11 is 0. The van der Waals surface area contributed by atoms with Gasteiger partial charge in [-0.3, -0.25) is 15.4 Å². The second kappa shape index (κ2) is 5.53. The Labute approximate surface area is 103 Å². The molecule has 2 heterocycles. The highest BCUT2D eigenvalue weighted by molar-refractivity contribution is 5.95. The normalized spacial score (nSPS) is 11.1. The molecular formula is C10H11N7O. The molecule has 0 aliphatic heterocycles. The molecule has 0 radical (unpaired) electrons. The Morgan fingerprint density at radius 3 is 2.89 bits per heavy atom. The first-order valence-corrected chi connectivity index (χ1v) is 5.01. The largest absolute Gasteiger partial charge is 0.480 e. The van der Waals surface area contributed by atoms with Crippen molar-refractivity contribution >= 4 is 11.7 Å². The number of hydrogen-bond donors (Lipinski definition) is 2. The summed E-state index contributed by atoms with van der Waals surface area (Å²) in [6.45, 7) is 0. The van der Waals surface area contributed by atoms with E-state index in [1.54, 1.807) is 12.4 Å². The van der Waals surface area contributed by atoms with E-state index in [0.717, 1.165) is 0 Å². The Kier molecular flexibility index (Phi) is 3.59. The topological polar surface area (TPSA) is 111 Å². The molecule has 0 unspecified atom stereocenters. The van der Waals surface area contributed by atoms with Gasteiger partial charge < -0.3 is 10.5 Å². The molecule has 0 bridgehead atoms. The number of rotatable bonds is 4. The molecule has 2 aromatic rings. The van der Waals surface area contributed by atoms with Crippen molar-refractivity contribution in [2.75, 3.05) is 12.5 Å². The fourth-order valence-corrected chi connectivity index (χ4v) is 1.10. The highest BCUT2D eigenvalue weighted by atomic mass is 16.5. The molecule has 0 spiro atoms. The summed E-state index contributed by atoms with van der Waals surface area (Å²) in [5.74, 6) is 1.02. The van der Waals surface area contributed by atoms with Gasteiger partial charge in [0, 0.05) is 12.4 Å². The van der Waals surface area contributed by atoms with E-state index in [-0.39, 0.29) is 5.84 Å². The maximum atomic E-state index is 5.75. The van der Waals surface area contributed by atoms with Gasteiger partial charge in [0.25, 0.3) is 0 Å². The van der Waals surface area contributed by atoms with Crippen molar-refractivity contribution in [2.24, 2.45) is 10.8 Å². The number of hydrogen-bond acceptors (Lipinski definition) is 7. The zero-order chi connectivity index (χ0) is 12.8. The maximum Gasteiger partial charge on any atom is 0.232 e. The molecule has 0 fully saturated rings. The predicted octanol–water partition coefficient (Wildman–Crippen LogP) is 0.00760. The number of anilines is 1. The lowest BCUT2D eigenvalue weighted by molar-refractivity contribution is 0.395. The first-order chi connectivity index (χ1) is 8.79. The molecule has 0 atom stereocenters. The van der Waals surface area contributed by atoms with E-state index in [0.29, 0.717) is 17.4 Å². The molecule has 18 heavy (non-hydrogen) atoms. The summed E-state index contributed by atoms with van der Waals surface area (Å²) in [4.78, 5) is 15.9. The standard InChI is InChI=1S/C10H11N7O/c1-18-9-6-13-4-7(15-9)10(11)17-16-8-5-12-2-3-14-8/h2-6H,1H3,(H2,11,17)(H,14,16). The first kappa shape index (κ1) is 11.7. The zero-order valence-electron chi connectivity index (χ0n) is 9.61. The number of nitrogens with two attached hydrogens (primary N) is 1. The van der Waals surface area contributed by atoms with Crippen LogP contribution in [0.3, 0.4) is 0 Å². The lowest BCUT2D eigenvalue weighted by atomic mass is 10.4. The van der Waals surface area contributed by atoms with Gasteiger partial charge in [-0.15, -0.1) is 0 Å². The number of aromatic nitrogens is 4. The van der Waals surface area contributed by atoms with Crippen LogP contribution >= 0.6 is 0 Å². The Balaban J connectivity index is 2.12. The summed E-state index contributed by atoms with van der Waals surface area (Å²) in [6.07, 6.45) is 7.59. The van der Waals surface area contributed by atoms with Crippen LogP contribution < -0.4 is 15.9 Å². The second-order valence-corrected chi connectivity index (χ2v) is 3.15. The van der Waals surface area contributed by atoms with Gasteiger partial charge in [-0.2, -0.15) is 5.10 Å². The molecule has 0 aromatic carbocycles. The van der Waals surface area contributed by atoms with Gasteiger partial charge in [0.1, 0.15) is 5.69 Å². The third-order valence-electron chi connectivity index (χ3n) is 1.94. The minimum atomic E-state index is 0.173. The highest BCUT2D eigenvalue weighted by Crippen LogP contribution is 2.04. The molecule has 0 amide bonds. The molecule has 0 aliphatic carbocycles. The molecule has 0 saturated carbocycles. The van der Waals surface area contributed by atoms with Crippen molar-refractivity contribution in [1.29, 1.82) is 0 Å². The average molecular weight is 245 g/mol. The third kappa shape index (κ3) is 2.88. The summed E-state index contributed by atoms with van der Waals surface area (Å²) in [6, 6.07) is 0. The van der Waals surface area contributed by atoms with Gasteiger partial charge in [-0.05, 0) is 0 Å². The van der Waals surface area contributed by atoms with Crippen LogP contribution in [0.15, 0.2) is 36.1 Å². The molecule has 8 heteroatoms. The monoisotopic (exact) mass is 245 g/mol. The molecule has 2 rings (SSSR count).